The van der Waals surface area contributed by atoms with Crippen LogP contribution >= 0.6 is 0 Å². The van der Waals surface area contributed by atoms with Gasteiger partial charge in [0.15, 0.2) is 5.78 Å². The van der Waals surface area contributed by atoms with Crippen LogP contribution in [0.5, 0.6) is 0 Å². The van der Waals surface area contributed by atoms with Crippen molar-refractivity contribution in [2.75, 3.05) is 6.54 Å². The second kappa shape index (κ2) is 4.96. The number of nitrogens with one attached hydrogen (secondary N) is 1. The molecule has 1 aliphatic heterocycles. The van der Waals surface area contributed by atoms with E-state index < -0.39 is 0 Å². The van der Waals surface area contributed by atoms with Gasteiger partial charge >= 0.3 is 0 Å². The van der Waals surface area contributed by atoms with E-state index in [0.29, 0.717) is 6.42 Å². The number of carbonyl (C=O) groups excluding carboxylic acids is 1. The lowest BCUT2D eigenvalue weighted by Crippen LogP contribution is -2.47. The molecule has 17 heavy (non-hydrogen) atoms. The number of hydrogen-bond acceptors (Lipinski definition) is 2. The summed E-state index contributed by atoms with van der Waals surface area (Å²) in [6, 6.07) is 6.18. The number of carbonyl (C=O) groups is 1. The molecule has 3 heteroatoms. The number of benzene rings is 1. The Morgan fingerprint density at radius 2 is 2.12 bits per heavy atom. The third-order valence-corrected chi connectivity index (χ3v) is 3.66. The topological polar surface area (TPSA) is 29.1 Å². The average Bonchev–Trinajstić information content (AvgIpc) is 2.82. The highest BCUT2D eigenvalue weighted by molar-refractivity contribution is 5.90. The molecule has 1 atom stereocenters. The summed E-state index contributed by atoms with van der Waals surface area (Å²) in [7, 11) is 0. The first-order valence-electron chi connectivity index (χ1n) is 6.19. The molecule has 2 nitrogen and oxygen atoms in total. The Balaban J connectivity index is 2.08. The fourth-order valence-corrected chi connectivity index (χ4v) is 2.50. The number of halogens is 1. The Morgan fingerprint density at radius 1 is 1.41 bits per heavy atom. The monoisotopic (exact) mass is 235 g/mol. The quantitative estimate of drug-likeness (QED) is 0.868. The van der Waals surface area contributed by atoms with Gasteiger partial charge in [-0.15, -0.1) is 0 Å². The van der Waals surface area contributed by atoms with Crippen molar-refractivity contribution in [3.05, 3.63) is 35.6 Å². The van der Waals surface area contributed by atoms with Crippen LogP contribution in [0.25, 0.3) is 0 Å². The second-order valence-corrected chi connectivity index (χ2v) is 4.69. The fraction of sp³-hybridized carbons (Fsp3) is 0.500. The molecule has 1 aromatic rings. The Labute approximate surface area is 101 Å². The number of Topliss-reactive ketones (excluding diaryl/α,β-unsaturated/α-hetero) is 1. The van der Waals surface area contributed by atoms with Crippen molar-refractivity contribution < 1.29 is 9.18 Å². The zero-order valence-electron chi connectivity index (χ0n) is 10.1. The number of rotatable bonds is 4. The summed E-state index contributed by atoms with van der Waals surface area (Å²) in [5.74, 6) is -0.0329. The highest BCUT2D eigenvalue weighted by atomic mass is 19.1. The number of ketones is 1. The predicted octanol–water partition coefficient (Wildman–Crippen LogP) is 2.47. The van der Waals surface area contributed by atoms with Crippen LogP contribution in [0.1, 0.15) is 31.7 Å². The van der Waals surface area contributed by atoms with Gasteiger partial charge in [0.25, 0.3) is 0 Å². The molecule has 1 unspecified atom stereocenters. The van der Waals surface area contributed by atoms with Crippen LogP contribution in [0, 0.1) is 5.82 Å². The van der Waals surface area contributed by atoms with E-state index in [-0.39, 0.29) is 17.1 Å². The van der Waals surface area contributed by atoms with Crippen molar-refractivity contribution in [2.45, 2.75) is 38.1 Å². The van der Waals surface area contributed by atoms with Crippen molar-refractivity contribution in [1.29, 1.82) is 0 Å². The van der Waals surface area contributed by atoms with Crippen LogP contribution in [0.3, 0.4) is 0 Å². The second-order valence-electron chi connectivity index (χ2n) is 4.69. The first-order valence-corrected chi connectivity index (χ1v) is 6.19. The van der Waals surface area contributed by atoms with Gasteiger partial charge in [0.1, 0.15) is 5.82 Å². The molecule has 92 valence electrons. The maximum absolute atomic E-state index is 12.8. The summed E-state index contributed by atoms with van der Waals surface area (Å²) < 4.78 is 12.8. The van der Waals surface area contributed by atoms with Crippen molar-refractivity contribution in [1.82, 2.24) is 5.32 Å². The Morgan fingerprint density at radius 3 is 2.65 bits per heavy atom. The lowest BCUT2D eigenvalue weighted by molar-refractivity contribution is -0.124. The smallest absolute Gasteiger partial charge is 0.157 e. The third kappa shape index (κ3) is 2.55. The van der Waals surface area contributed by atoms with Crippen LogP contribution < -0.4 is 5.32 Å². The molecular weight excluding hydrogens is 217 g/mol. The van der Waals surface area contributed by atoms with E-state index in [9.17, 15) is 9.18 Å². The van der Waals surface area contributed by atoms with Crippen LogP contribution in [0.15, 0.2) is 24.3 Å². The first-order chi connectivity index (χ1) is 8.16. The molecule has 0 saturated carbocycles. The van der Waals surface area contributed by atoms with Gasteiger partial charge in [0.05, 0.1) is 5.54 Å². The fourth-order valence-electron chi connectivity index (χ4n) is 2.50. The lowest BCUT2D eigenvalue weighted by atomic mass is 9.86. The van der Waals surface area contributed by atoms with Crippen LogP contribution in [-0.2, 0) is 11.2 Å². The Bertz CT molecular complexity index is 393. The molecule has 1 saturated heterocycles. The van der Waals surface area contributed by atoms with Gasteiger partial charge in [-0.3, -0.25) is 4.79 Å². The zero-order valence-corrected chi connectivity index (χ0v) is 10.1. The minimum Gasteiger partial charge on any atom is -0.305 e. The van der Waals surface area contributed by atoms with Crippen LogP contribution in [0.4, 0.5) is 4.39 Å². The van der Waals surface area contributed by atoms with Gasteiger partial charge in [-0.2, -0.15) is 0 Å². The molecule has 0 aromatic heterocycles. The molecule has 2 rings (SSSR count). The molecule has 0 spiro atoms. The van der Waals surface area contributed by atoms with E-state index in [1.165, 1.54) is 12.1 Å². The van der Waals surface area contributed by atoms with Gasteiger partial charge in [0.2, 0.25) is 0 Å². The molecule has 1 aromatic carbocycles. The summed E-state index contributed by atoms with van der Waals surface area (Å²) in [6.07, 6.45) is 3.20. The minimum atomic E-state index is -0.339. The summed E-state index contributed by atoms with van der Waals surface area (Å²) >= 11 is 0. The average molecular weight is 235 g/mol. The highest BCUT2D eigenvalue weighted by Gasteiger charge is 2.38. The third-order valence-electron chi connectivity index (χ3n) is 3.66. The van der Waals surface area contributed by atoms with Crippen molar-refractivity contribution >= 4 is 5.78 Å². The summed E-state index contributed by atoms with van der Waals surface area (Å²) in [4.78, 5) is 12.3. The number of hydrogen-bond donors (Lipinski definition) is 1. The Hall–Kier alpha value is -1.22. The molecule has 0 aliphatic carbocycles. The summed E-state index contributed by atoms with van der Waals surface area (Å²) in [5.41, 5.74) is 0.548. The maximum Gasteiger partial charge on any atom is 0.157 e. The van der Waals surface area contributed by atoms with Gasteiger partial charge in [-0.1, -0.05) is 19.1 Å². The zero-order chi connectivity index (χ0) is 12.3. The van der Waals surface area contributed by atoms with E-state index in [1.54, 1.807) is 12.1 Å². The SMILES string of the molecule is CCC1(C(=O)Cc2ccc(F)cc2)CCCN1. The molecule has 0 amide bonds. The highest BCUT2D eigenvalue weighted by Crippen LogP contribution is 2.25. The molecule has 0 radical (unpaired) electrons. The Kier molecular flexibility index (Phi) is 3.57. The van der Waals surface area contributed by atoms with Crippen LogP contribution in [0.2, 0.25) is 0 Å². The van der Waals surface area contributed by atoms with E-state index in [1.807, 2.05) is 6.92 Å². The molecule has 1 aliphatic rings. The maximum atomic E-state index is 12.8. The molecule has 1 fully saturated rings. The normalized spacial score (nSPS) is 23.9. The van der Waals surface area contributed by atoms with E-state index in [0.717, 1.165) is 31.4 Å². The largest absolute Gasteiger partial charge is 0.305 e. The van der Waals surface area contributed by atoms with E-state index in [2.05, 4.69) is 5.32 Å². The molecule has 1 heterocycles. The minimum absolute atomic E-state index is 0.226. The summed E-state index contributed by atoms with van der Waals surface area (Å²) in [6.45, 7) is 2.96. The van der Waals surface area contributed by atoms with Gasteiger partial charge in [-0.25, -0.2) is 4.39 Å². The molecule has 1 N–H and O–H groups in total. The standard InChI is InChI=1S/C14H18FNO/c1-2-14(8-3-9-16-14)13(17)10-11-4-6-12(15)7-5-11/h4-7,16H,2-3,8-10H2,1H3. The van der Waals surface area contributed by atoms with Crippen LogP contribution in [-0.4, -0.2) is 17.9 Å². The van der Waals surface area contributed by atoms with Crippen molar-refractivity contribution in [3.63, 3.8) is 0 Å². The van der Waals surface area contributed by atoms with Crippen molar-refractivity contribution in [3.8, 4) is 0 Å². The van der Waals surface area contributed by atoms with Gasteiger partial charge in [0, 0.05) is 6.42 Å². The lowest BCUT2D eigenvalue weighted by Gasteiger charge is -2.26. The van der Waals surface area contributed by atoms with E-state index >= 15 is 0 Å². The van der Waals surface area contributed by atoms with E-state index in [4.69, 9.17) is 0 Å². The first kappa shape index (κ1) is 12.2. The van der Waals surface area contributed by atoms with Crippen molar-refractivity contribution in [2.24, 2.45) is 0 Å². The molecular formula is C14H18FNO. The van der Waals surface area contributed by atoms with Gasteiger partial charge < -0.3 is 5.32 Å². The molecule has 0 bridgehead atoms. The predicted molar refractivity (Wildman–Crippen MR) is 65.4 cm³/mol. The van der Waals surface area contributed by atoms with Gasteiger partial charge in [-0.05, 0) is 43.5 Å². The summed E-state index contributed by atoms with van der Waals surface area (Å²) in [5, 5.41) is 3.33.